The number of carbonyl (C=O) groups excluding carboxylic acids is 5. The van der Waals surface area contributed by atoms with Crippen molar-refractivity contribution in [2.24, 2.45) is 5.73 Å². The smallest absolute Gasteiger partial charge is 0.326 e. The van der Waals surface area contributed by atoms with E-state index >= 15 is 0 Å². The maximum Gasteiger partial charge on any atom is 0.326 e. The Labute approximate surface area is 345 Å². The number of unbranched alkanes of at least 4 members (excludes halogenated alkanes) is 5. The van der Waals surface area contributed by atoms with Crippen LogP contribution in [0.1, 0.15) is 111 Å². The van der Waals surface area contributed by atoms with E-state index in [2.05, 4.69) is 33.0 Å². The third-order valence-electron chi connectivity index (χ3n) is 10.3. The molecule has 5 amide bonds. The molecule has 0 fully saturated rings. The predicted octanol–water partition coefficient (Wildman–Crippen LogP) is 3.10. The highest BCUT2D eigenvalue weighted by molar-refractivity contribution is 6.26. The first-order chi connectivity index (χ1) is 28.2. The summed E-state index contributed by atoms with van der Waals surface area (Å²) in [6.07, 6.45) is 7.10. The molecule has 0 aliphatic carbocycles. The molecule has 4 atom stereocenters. The molecular weight excluding hydrogens is 761 g/mol. The van der Waals surface area contributed by atoms with Crippen LogP contribution in [0.5, 0.6) is 0 Å². The number of nitrogens with one attached hydrogen (secondary N) is 4. The highest BCUT2D eigenvalue weighted by Crippen LogP contribution is 2.35. The van der Waals surface area contributed by atoms with Crippen LogP contribution in [0.25, 0.3) is 15.6 Å². The van der Waals surface area contributed by atoms with Crippen molar-refractivity contribution in [3.63, 3.8) is 0 Å². The van der Waals surface area contributed by atoms with Crippen molar-refractivity contribution in [2.45, 2.75) is 115 Å². The molecule has 0 bridgehead atoms. The third-order valence-corrected chi connectivity index (χ3v) is 10.3. The van der Waals surface area contributed by atoms with Crippen LogP contribution in [-0.2, 0) is 24.0 Å². The summed E-state index contributed by atoms with van der Waals surface area (Å²) < 4.78 is 0. The number of nitrogens with two attached hydrogens (primary N) is 1. The Bertz CT molecular complexity index is 1820. The Morgan fingerprint density at radius 1 is 0.814 bits per heavy atom. The van der Waals surface area contributed by atoms with Crippen molar-refractivity contribution in [3.8, 4) is 6.57 Å². The summed E-state index contributed by atoms with van der Waals surface area (Å²) in [6, 6.07) is 4.86. The molecule has 17 heteroatoms. The van der Waals surface area contributed by atoms with Gasteiger partial charge in [0.05, 0.1) is 12.6 Å². The molecule has 4 unspecified atom stereocenters. The lowest BCUT2D eigenvalue weighted by molar-refractivity contribution is -0.142. The zero-order valence-electron chi connectivity index (χ0n) is 34.5. The summed E-state index contributed by atoms with van der Waals surface area (Å²) in [6.45, 7) is 8.20. The zero-order valence-corrected chi connectivity index (χ0v) is 34.5. The average Bonchev–Trinajstić information content (AvgIpc) is 3.20. The number of nitrogens with zero attached hydrogens (tertiary/aromatic N) is 3. The Morgan fingerprint density at radius 2 is 1.51 bits per heavy atom. The first-order valence-corrected chi connectivity index (χ1v) is 20.5. The number of benzene rings is 2. The van der Waals surface area contributed by atoms with Crippen LogP contribution in [0.3, 0.4) is 0 Å². The van der Waals surface area contributed by atoms with Gasteiger partial charge in [-0.15, -0.1) is 0 Å². The second kappa shape index (κ2) is 24.4. The van der Waals surface area contributed by atoms with Gasteiger partial charge in [0.25, 0.3) is 24.4 Å². The molecule has 8 N–H and O–H groups in total. The van der Waals surface area contributed by atoms with Crippen LogP contribution >= 0.6 is 0 Å². The fraction of sp³-hybridized carbons (Fsp3) is 0.571. The van der Waals surface area contributed by atoms with Crippen molar-refractivity contribution in [1.29, 1.82) is 0 Å². The van der Waals surface area contributed by atoms with Crippen LogP contribution in [0.4, 0.5) is 5.69 Å². The molecule has 322 valence electrons. The maximum absolute atomic E-state index is 13.8. The molecule has 0 aromatic heterocycles. The Balaban J connectivity index is 1.67. The first-order valence-electron chi connectivity index (χ1n) is 20.5. The summed E-state index contributed by atoms with van der Waals surface area (Å²) in [5.41, 5.74) is 7.72. The van der Waals surface area contributed by atoms with Gasteiger partial charge >= 0.3 is 11.9 Å². The van der Waals surface area contributed by atoms with E-state index in [1.165, 1.54) is 25.7 Å². The number of anilines is 1. The lowest BCUT2D eigenvalue weighted by atomic mass is 9.92. The van der Waals surface area contributed by atoms with Crippen LogP contribution in [0, 0.1) is 6.57 Å². The minimum atomic E-state index is -1.39. The SMILES string of the molecule is C#[N+]C(CCCCCCCC)CNCCC(N)C(=O)NC(CCN1C(=O)c2cccc3c(N(C)C)ccc(c23)C1=O)C(=O)NCCC(NC(=O)CCCC(=O)O)C(=O)O. The molecule has 17 nitrogen and oxygen atoms in total. The number of carboxylic acids is 2. The fourth-order valence-corrected chi connectivity index (χ4v) is 6.96. The molecule has 3 rings (SSSR count). The van der Waals surface area contributed by atoms with Gasteiger partial charge in [-0.1, -0.05) is 56.0 Å². The normalized spacial score (nSPS) is 14.2. The van der Waals surface area contributed by atoms with Crippen LogP contribution in [0.15, 0.2) is 30.3 Å². The molecule has 1 aliphatic rings. The molecule has 1 aliphatic heterocycles. The Kier molecular flexibility index (Phi) is 19.7. The highest BCUT2D eigenvalue weighted by Gasteiger charge is 2.35. The predicted molar refractivity (Wildman–Crippen MR) is 224 cm³/mol. The van der Waals surface area contributed by atoms with Gasteiger partial charge in [0.1, 0.15) is 12.1 Å². The lowest BCUT2D eigenvalue weighted by Crippen LogP contribution is -2.54. The number of amides is 5. The number of hydrogen-bond donors (Lipinski definition) is 7. The second-order valence-corrected chi connectivity index (χ2v) is 15.1. The van der Waals surface area contributed by atoms with Gasteiger partial charge in [-0.3, -0.25) is 33.7 Å². The van der Waals surface area contributed by atoms with Crippen molar-refractivity contribution >= 4 is 57.9 Å². The average molecular weight is 822 g/mol. The number of carbonyl (C=O) groups is 7. The van der Waals surface area contributed by atoms with Gasteiger partial charge in [0, 0.05) is 74.0 Å². The van der Waals surface area contributed by atoms with E-state index in [4.69, 9.17) is 17.4 Å². The minimum absolute atomic E-state index is 0.0208. The molecule has 59 heavy (non-hydrogen) atoms. The van der Waals surface area contributed by atoms with Gasteiger partial charge in [0.2, 0.25) is 17.7 Å². The number of aliphatic carboxylic acids is 2. The van der Waals surface area contributed by atoms with Crippen molar-refractivity contribution in [2.75, 3.05) is 45.2 Å². The maximum atomic E-state index is 13.8. The topological polar surface area (TPSA) is 245 Å². The molecule has 0 saturated heterocycles. The zero-order chi connectivity index (χ0) is 43.5. The van der Waals surface area contributed by atoms with E-state index in [9.17, 15) is 38.7 Å². The third kappa shape index (κ3) is 14.6. The fourth-order valence-electron chi connectivity index (χ4n) is 6.96. The quantitative estimate of drug-likeness (QED) is 0.0484. The van der Waals surface area contributed by atoms with Crippen LogP contribution in [0.2, 0.25) is 0 Å². The second-order valence-electron chi connectivity index (χ2n) is 15.1. The highest BCUT2D eigenvalue weighted by atomic mass is 16.4. The minimum Gasteiger partial charge on any atom is -0.481 e. The molecule has 1 heterocycles. The molecule has 0 saturated carbocycles. The summed E-state index contributed by atoms with van der Waals surface area (Å²) in [5, 5.41) is 30.5. The van der Waals surface area contributed by atoms with Gasteiger partial charge in [-0.05, 0) is 56.8 Å². The first kappa shape index (κ1) is 47.8. The van der Waals surface area contributed by atoms with Gasteiger partial charge in [0.15, 0.2) is 0 Å². The monoisotopic (exact) mass is 821 g/mol. The number of carboxylic acid groups (broad SMARTS) is 2. The van der Waals surface area contributed by atoms with E-state index in [1.54, 1.807) is 24.3 Å². The van der Waals surface area contributed by atoms with E-state index in [1.807, 2.05) is 25.1 Å². The van der Waals surface area contributed by atoms with Crippen molar-refractivity contribution in [1.82, 2.24) is 26.2 Å². The van der Waals surface area contributed by atoms with Gasteiger partial charge in [-0.25, -0.2) is 4.79 Å². The summed E-state index contributed by atoms with van der Waals surface area (Å²) in [4.78, 5) is 96.3. The van der Waals surface area contributed by atoms with Crippen molar-refractivity contribution < 1.29 is 43.8 Å². The van der Waals surface area contributed by atoms with E-state index in [0.29, 0.717) is 29.6 Å². The van der Waals surface area contributed by atoms with Crippen LogP contribution in [-0.4, -0.2) is 121 Å². The summed E-state index contributed by atoms with van der Waals surface area (Å²) in [7, 11) is 3.72. The van der Waals surface area contributed by atoms with E-state index in [-0.39, 0.29) is 57.7 Å². The summed E-state index contributed by atoms with van der Waals surface area (Å²) >= 11 is 0. The molecule has 0 radical (unpaired) electrons. The Morgan fingerprint density at radius 3 is 2.17 bits per heavy atom. The summed E-state index contributed by atoms with van der Waals surface area (Å²) in [5.74, 6) is -5.60. The molecule has 0 spiro atoms. The lowest BCUT2D eigenvalue weighted by Gasteiger charge is -2.30. The van der Waals surface area contributed by atoms with Crippen molar-refractivity contribution in [3.05, 3.63) is 46.3 Å². The number of hydrogen-bond acceptors (Lipinski definition) is 10. The Hall–Kier alpha value is -5.60. The molecule has 2 aromatic carbocycles. The number of imide groups is 1. The van der Waals surface area contributed by atoms with E-state index < -0.39 is 59.6 Å². The molecular formula is C42H61N8O9+. The number of rotatable bonds is 28. The van der Waals surface area contributed by atoms with Crippen LogP contribution < -0.4 is 31.9 Å². The van der Waals surface area contributed by atoms with E-state index in [0.717, 1.165) is 35.2 Å². The standard InChI is InChI=1S/C42H60N8O9/c1-5-6-7-8-9-10-13-27(44-2)26-45-23-20-31(43)38(54)48-32(39(55)46-24-21-33(42(58)59)47-35(51)16-12-17-36(52)53)22-25-50-40(56)29-15-11-14-28-34(49(3)4)19-18-30(37(28)29)41(50)57/h2,11,14-15,18-19,27,31-33,45H,5-10,12-13,16-17,20-26,43H2,1,3-4H3,(H4-,46,47,48,51,52,53,54,55,58,59)/p+1. The largest absolute Gasteiger partial charge is 0.481 e. The van der Waals surface area contributed by atoms with Gasteiger partial charge < -0.3 is 42.1 Å². The molecule has 2 aromatic rings. The van der Waals surface area contributed by atoms with Gasteiger partial charge in [-0.2, -0.15) is 0 Å².